The molecule has 2 aliphatic heterocycles. The van der Waals surface area contributed by atoms with E-state index in [1.165, 1.54) is 7.11 Å². The predicted octanol–water partition coefficient (Wildman–Crippen LogP) is 6.39. The van der Waals surface area contributed by atoms with Crippen molar-refractivity contribution in [3.05, 3.63) is 72.6 Å². The number of furan rings is 1. The first kappa shape index (κ1) is 35.6. The second kappa shape index (κ2) is 14.5. The molecule has 5 aromatic rings. The summed E-state index contributed by atoms with van der Waals surface area (Å²) in [5.74, 6) is 2.07. The minimum Gasteiger partial charge on any atom is -0.465 e. The van der Waals surface area contributed by atoms with Crippen LogP contribution in [0.3, 0.4) is 0 Å². The Morgan fingerprint density at radius 1 is 0.750 bits per heavy atom. The Balaban J connectivity index is 0.877. The lowest BCUT2D eigenvalue weighted by Crippen LogP contribution is -2.49. The van der Waals surface area contributed by atoms with Gasteiger partial charge in [0, 0.05) is 29.6 Å². The van der Waals surface area contributed by atoms with E-state index in [-0.39, 0.29) is 35.7 Å². The van der Waals surface area contributed by atoms with Gasteiger partial charge in [-0.1, -0.05) is 24.3 Å². The Morgan fingerprint density at radius 2 is 1.29 bits per heavy atom. The van der Waals surface area contributed by atoms with E-state index in [9.17, 15) is 24.3 Å². The molecule has 15 heteroatoms. The molecular formula is C41H44N8O7. The molecular weight excluding hydrogens is 716 g/mol. The monoisotopic (exact) mass is 760 g/mol. The number of rotatable bonds is 11. The molecule has 0 bridgehead atoms. The molecule has 4 aliphatic rings. The van der Waals surface area contributed by atoms with Crippen molar-refractivity contribution in [3.8, 4) is 33.8 Å². The van der Waals surface area contributed by atoms with Crippen molar-refractivity contribution in [2.75, 3.05) is 20.2 Å². The summed E-state index contributed by atoms with van der Waals surface area (Å²) in [6.45, 7) is 1.18. The van der Waals surface area contributed by atoms with Gasteiger partial charge >= 0.3 is 12.2 Å². The molecule has 2 aromatic carbocycles. The van der Waals surface area contributed by atoms with Gasteiger partial charge in [0.25, 0.3) is 0 Å². The third-order valence-electron chi connectivity index (χ3n) is 11.7. The van der Waals surface area contributed by atoms with Crippen LogP contribution in [0.4, 0.5) is 9.59 Å². The van der Waals surface area contributed by atoms with E-state index in [0.717, 1.165) is 102 Å². The fraction of sp³-hybridized carbons (Fsp3) is 0.415. The summed E-state index contributed by atoms with van der Waals surface area (Å²) in [5, 5.41) is 15.5. The highest BCUT2D eigenvalue weighted by Gasteiger charge is 2.44. The first-order valence-electron chi connectivity index (χ1n) is 19.4. The van der Waals surface area contributed by atoms with Gasteiger partial charge < -0.3 is 44.7 Å². The number of benzene rings is 2. The number of aromatic nitrogens is 4. The van der Waals surface area contributed by atoms with Crippen molar-refractivity contribution in [3.63, 3.8) is 0 Å². The summed E-state index contributed by atoms with van der Waals surface area (Å²) in [6.07, 6.45) is 8.55. The van der Waals surface area contributed by atoms with Gasteiger partial charge in [-0.3, -0.25) is 9.59 Å². The zero-order chi connectivity index (χ0) is 38.5. The lowest BCUT2D eigenvalue weighted by molar-refractivity contribution is -0.135. The molecule has 0 unspecified atom stereocenters. The van der Waals surface area contributed by atoms with Crippen LogP contribution in [0.15, 0.2) is 65.3 Å². The Morgan fingerprint density at radius 3 is 1.84 bits per heavy atom. The number of carbonyl (C=O) groups is 4. The van der Waals surface area contributed by atoms with Crippen LogP contribution < -0.4 is 10.6 Å². The van der Waals surface area contributed by atoms with Crippen molar-refractivity contribution in [2.24, 2.45) is 11.8 Å². The molecule has 290 valence electrons. The molecule has 5 heterocycles. The number of carboxylic acid groups (broad SMARTS) is 1. The van der Waals surface area contributed by atoms with E-state index in [0.29, 0.717) is 18.9 Å². The maximum atomic E-state index is 13.6. The normalized spacial score (nSPS) is 20.6. The molecule has 3 aromatic heterocycles. The number of alkyl carbamates (subject to hydrolysis) is 1. The molecule has 4 amide bonds. The Hall–Kier alpha value is -6.12. The van der Waals surface area contributed by atoms with Gasteiger partial charge in [-0.25, -0.2) is 19.6 Å². The minimum absolute atomic E-state index is 0.0575. The van der Waals surface area contributed by atoms with Gasteiger partial charge in [0.05, 0.1) is 43.0 Å². The summed E-state index contributed by atoms with van der Waals surface area (Å²) in [5.41, 5.74) is 5.20. The molecule has 5 N–H and O–H groups in total. The summed E-state index contributed by atoms with van der Waals surface area (Å²) in [4.78, 5) is 70.2. The lowest BCUT2D eigenvalue weighted by Gasteiger charge is -2.28. The minimum atomic E-state index is -1.18. The number of likely N-dealkylation sites (tertiary alicyclic amines) is 2. The van der Waals surface area contributed by atoms with Crippen LogP contribution >= 0.6 is 0 Å². The number of amides is 4. The molecule has 2 saturated heterocycles. The zero-order valence-corrected chi connectivity index (χ0v) is 31.0. The zero-order valence-electron chi connectivity index (χ0n) is 31.0. The number of hydrogen-bond acceptors (Lipinski definition) is 8. The largest absolute Gasteiger partial charge is 0.465 e. The van der Waals surface area contributed by atoms with Crippen molar-refractivity contribution >= 4 is 35.0 Å². The molecule has 4 fully saturated rings. The number of carbonyl (C=O) groups excluding carboxylic acids is 3. The average molecular weight is 761 g/mol. The fourth-order valence-corrected chi connectivity index (χ4v) is 8.40. The van der Waals surface area contributed by atoms with E-state index in [1.807, 2.05) is 47.4 Å². The number of imidazole rings is 2. The molecule has 0 spiro atoms. The number of aromatic amines is 2. The van der Waals surface area contributed by atoms with E-state index >= 15 is 0 Å². The maximum Gasteiger partial charge on any atom is 0.407 e. The molecule has 4 atom stereocenters. The number of ether oxygens (including phenoxy) is 1. The third kappa shape index (κ3) is 6.97. The Bertz CT molecular complexity index is 2290. The Kier molecular flexibility index (Phi) is 9.22. The van der Waals surface area contributed by atoms with E-state index in [1.54, 1.807) is 17.3 Å². The summed E-state index contributed by atoms with van der Waals surface area (Å²) < 4.78 is 11.0. The lowest BCUT2D eigenvalue weighted by atomic mass is 10.1. The quantitative estimate of drug-likeness (QED) is 0.101. The molecule has 15 nitrogen and oxygen atoms in total. The summed E-state index contributed by atoms with van der Waals surface area (Å²) >= 11 is 0. The van der Waals surface area contributed by atoms with E-state index in [4.69, 9.17) is 14.1 Å². The van der Waals surface area contributed by atoms with Crippen LogP contribution in [0.1, 0.15) is 75.1 Å². The number of H-pyrrole nitrogens is 2. The highest BCUT2D eigenvalue weighted by molar-refractivity contribution is 5.89. The maximum absolute atomic E-state index is 13.6. The van der Waals surface area contributed by atoms with Crippen LogP contribution in [0.2, 0.25) is 0 Å². The molecule has 56 heavy (non-hydrogen) atoms. The van der Waals surface area contributed by atoms with Crippen molar-refractivity contribution in [2.45, 2.75) is 75.5 Å². The number of methoxy groups -OCH3 is 1. The van der Waals surface area contributed by atoms with Gasteiger partial charge in [-0.2, -0.15) is 0 Å². The SMILES string of the molecule is COC(=O)N[C@@H](C(=O)N1CCC[C@H]1c1ncc(-c2ccc3oc(-c4ccc(-c5cnc([C@@H]6CCCN6C(=O)[C@H](NC(=O)O)C6CC6)[nH]5)cc4)cc3c2)[nH]1)C1CC1. The highest BCUT2D eigenvalue weighted by Crippen LogP contribution is 2.40. The summed E-state index contributed by atoms with van der Waals surface area (Å²) in [6, 6.07) is 14.3. The topological polar surface area (TPSA) is 199 Å². The standard InChI is InChI=1S/C41H44N8O7/c1-55-41(54)47-35(25-12-13-25)39(51)49-17-3-5-31(49)37-43-21-29(45-37)26-14-15-32-27(18-26)19-33(56-32)23-8-6-22(7-9-23)28-20-42-36(44-28)30-4-2-16-48(30)38(50)34(24-10-11-24)46-40(52)53/h6-9,14-15,18-21,24-25,30-31,34-35,46H,2-5,10-13,16-17H2,1H3,(H,42,44)(H,43,45)(H,47,54)(H,52,53)/t30-,31-,34+,35+/m0/s1. The van der Waals surface area contributed by atoms with Crippen molar-refractivity contribution in [1.29, 1.82) is 0 Å². The number of hydrogen-bond donors (Lipinski definition) is 5. The van der Waals surface area contributed by atoms with Gasteiger partial charge in [-0.15, -0.1) is 0 Å². The Labute approximate surface area is 322 Å². The van der Waals surface area contributed by atoms with Crippen LogP contribution in [0, 0.1) is 11.8 Å². The number of nitrogens with zero attached hydrogens (tertiary/aromatic N) is 4. The van der Waals surface area contributed by atoms with Crippen molar-refractivity contribution in [1.82, 2.24) is 40.4 Å². The van der Waals surface area contributed by atoms with Gasteiger partial charge in [-0.05, 0) is 93.0 Å². The van der Waals surface area contributed by atoms with Crippen LogP contribution in [0.5, 0.6) is 0 Å². The molecule has 0 radical (unpaired) electrons. The number of fused-ring (bicyclic) bond motifs is 1. The van der Waals surface area contributed by atoms with E-state index < -0.39 is 24.3 Å². The van der Waals surface area contributed by atoms with Gasteiger partial charge in [0.2, 0.25) is 11.8 Å². The first-order valence-corrected chi connectivity index (χ1v) is 19.4. The van der Waals surface area contributed by atoms with Crippen molar-refractivity contribution < 1.29 is 33.4 Å². The second-order valence-electron chi connectivity index (χ2n) is 15.4. The highest BCUT2D eigenvalue weighted by atomic mass is 16.5. The van der Waals surface area contributed by atoms with Gasteiger partial charge in [0.15, 0.2) is 0 Å². The third-order valence-corrected chi connectivity index (χ3v) is 11.7. The molecule has 9 rings (SSSR count). The van der Waals surface area contributed by atoms with Crippen LogP contribution in [-0.2, 0) is 14.3 Å². The molecule has 2 saturated carbocycles. The van der Waals surface area contributed by atoms with E-state index in [2.05, 4.69) is 31.7 Å². The second-order valence-corrected chi connectivity index (χ2v) is 15.4. The van der Waals surface area contributed by atoms with Gasteiger partial charge in [0.1, 0.15) is 35.1 Å². The molecule has 2 aliphatic carbocycles. The van der Waals surface area contributed by atoms with Crippen LogP contribution in [-0.4, -0.2) is 91.1 Å². The number of nitrogens with one attached hydrogen (secondary N) is 4. The summed E-state index contributed by atoms with van der Waals surface area (Å²) in [7, 11) is 1.30. The fourth-order valence-electron chi connectivity index (χ4n) is 8.40. The smallest absolute Gasteiger partial charge is 0.407 e. The first-order chi connectivity index (χ1) is 27.2. The average Bonchev–Trinajstić information content (AvgIpc) is 3.80. The van der Waals surface area contributed by atoms with Crippen LogP contribution in [0.25, 0.3) is 44.8 Å². The predicted molar refractivity (Wildman–Crippen MR) is 204 cm³/mol.